The van der Waals surface area contributed by atoms with Gasteiger partial charge in [-0.05, 0) is 34.6 Å². The van der Waals surface area contributed by atoms with Gasteiger partial charge in [0.05, 0.1) is 12.5 Å². The van der Waals surface area contributed by atoms with Crippen molar-refractivity contribution in [3.05, 3.63) is 36.1 Å². The standard InChI is InChI=1S/C18H28N4O3/c1-7-14-10-20-15(24-14)11-22-12-19-9-13(22)8-18(5,6)21-16(23)25-17(2,3)4/h9-10,12H,7-8,11H2,1-6H3,(H,21,23). The number of aryl methyl sites for hydroxylation is 1. The molecule has 2 aromatic rings. The largest absolute Gasteiger partial charge is 0.444 e. The maximum absolute atomic E-state index is 12.0. The molecular weight excluding hydrogens is 320 g/mol. The number of carbonyl (C=O) groups excluding carboxylic acids is 1. The molecule has 2 rings (SSSR count). The van der Waals surface area contributed by atoms with E-state index in [1.165, 1.54) is 0 Å². The zero-order valence-electron chi connectivity index (χ0n) is 15.9. The van der Waals surface area contributed by atoms with Crippen molar-refractivity contribution < 1.29 is 13.9 Å². The average Bonchev–Trinajstić information content (AvgIpc) is 3.06. The summed E-state index contributed by atoms with van der Waals surface area (Å²) in [6, 6.07) is 0. The molecule has 7 nitrogen and oxygen atoms in total. The van der Waals surface area contributed by atoms with Gasteiger partial charge in [0.1, 0.15) is 17.9 Å². The predicted octanol–water partition coefficient (Wildman–Crippen LogP) is 3.33. The normalized spacial score (nSPS) is 12.2. The van der Waals surface area contributed by atoms with Gasteiger partial charge in [-0.15, -0.1) is 0 Å². The van der Waals surface area contributed by atoms with Crippen molar-refractivity contribution in [1.82, 2.24) is 19.9 Å². The lowest BCUT2D eigenvalue weighted by Crippen LogP contribution is -2.47. The molecule has 2 aromatic heterocycles. The molecule has 0 spiro atoms. The summed E-state index contributed by atoms with van der Waals surface area (Å²) in [5.74, 6) is 1.51. The fourth-order valence-electron chi connectivity index (χ4n) is 2.44. The second kappa shape index (κ2) is 7.29. The van der Waals surface area contributed by atoms with Gasteiger partial charge in [-0.1, -0.05) is 6.92 Å². The molecule has 0 atom stereocenters. The Hall–Kier alpha value is -2.31. The summed E-state index contributed by atoms with van der Waals surface area (Å²) in [5.41, 5.74) is -0.0212. The Bertz CT molecular complexity index is 710. The Morgan fingerprint density at radius 3 is 2.60 bits per heavy atom. The lowest BCUT2D eigenvalue weighted by Gasteiger charge is -2.28. The Morgan fingerprint density at radius 1 is 1.28 bits per heavy atom. The number of imidazole rings is 1. The summed E-state index contributed by atoms with van der Waals surface area (Å²) in [4.78, 5) is 20.5. The second-order valence-corrected chi connectivity index (χ2v) is 7.77. The minimum atomic E-state index is -0.524. The zero-order valence-corrected chi connectivity index (χ0v) is 15.9. The summed E-state index contributed by atoms with van der Waals surface area (Å²) in [6.07, 6.45) is 6.28. The number of hydrogen-bond acceptors (Lipinski definition) is 5. The van der Waals surface area contributed by atoms with Crippen LogP contribution in [0.4, 0.5) is 4.79 Å². The average molecular weight is 348 g/mol. The number of amides is 1. The first kappa shape index (κ1) is 19.0. The van der Waals surface area contributed by atoms with Crippen LogP contribution in [0.25, 0.3) is 0 Å². The topological polar surface area (TPSA) is 82.2 Å². The highest BCUT2D eigenvalue weighted by molar-refractivity contribution is 5.68. The van der Waals surface area contributed by atoms with Gasteiger partial charge in [0.15, 0.2) is 0 Å². The van der Waals surface area contributed by atoms with Crippen LogP contribution in [0, 0.1) is 0 Å². The van der Waals surface area contributed by atoms with E-state index in [1.54, 1.807) is 18.7 Å². The van der Waals surface area contributed by atoms with Crippen LogP contribution in [0.2, 0.25) is 0 Å². The van der Waals surface area contributed by atoms with Crippen LogP contribution >= 0.6 is 0 Å². The molecule has 0 unspecified atom stereocenters. The molecular formula is C18H28N4O3. The van der Waals surface area contributed by atoms with Crippen LogP contribution in [0.3, 0.4) is 0 Å². The molecule has 0 aromatic carbocycles. The number of alkyl carbamates (subject to hydrolysis) is 1. The third-order valence-electron chi connectivity index (χ3n) is 3.52. The van der Waals surface area contributed by atoms with Crippen LogP contribution in [-0.2, 0) is 24.1 Å². The molecule has 0 bridgehead atoms. The van der Waals surface area contributed by atoms with Gasteiger partial charge in [0.2, 0.25) is 5.89 Å². The van der Waals surface area contributed by atoms with Crippen molar-refractivity contribution in [3.8, 4) is 0 Å². The van der Waals surface area contributed by atoms with E-state index >= 15 is 0 Å². The third-order valence-corrected chi connectivity index (χ3v) is 3.52. The van der Waals surface area contributed by atoms with E-state index in [2.05, 4.69) is 15.3 Å². The van der Waals surface area contributed by atoms with Gasteiger partial charge in [-0.3, -0.25) is 0 Å². The first-order valence-electron chi connectivity index (χ1n) is 8.52. The van der Waals surface area contributed by atoms with Gasteiger partial charge in [-0.25, -0.2) is 14.8 Å². The first-order valence-corrected chi connectivity index (χ1v) is 8.52. The molecule has 0 aliphatic carbocycles. The number of hydrogen-bond donors (Lipinski definition) is 1. The molecule has 7 heteroatoms. The lowest BCUT2D eigenvalue weighted by molar-refractivity contribution is 0.0471. The van der Waals surface area contributed by atoms with Crippen molar-refractivity contribution in [1.29, 1.82) is 0 Å². The van der Waals surface area contributed by atoms with Gasteiger partial charge in [0, 0.05) is 30.3 Å². The van der Waals surface area contributed by atoms with Crippen molar-refractivity contribution in [3.63, 3.8) is 0 Å². The van der Waals surface area contributed by atoms with E-state index in [4.69, 9.17) is 9.15 Å². The van der Waals surface area contributed by atoms with Gasteiger partial charge < -0.3 is 19.0 Å². The maximum Gasteiger partial charge on any atom is 0.408 e. The SMILES string of the molecule is CCc1cnc(Cn2cncc2CC(C)(C)NC(=O)OC(C)(C)C)o1. The summed E-state index contributed by atoms with van der Waals surface area (Å²) in [7, 11) is 0. The fourth-order valence-corrected chi connectivity index (χ4v) is 2.44. The second-order valence-electron chi connectivity index (χ2n) is 7.77. The minimum absolute atomic E-state index is 0.427. The number of carbonyl (C=O) groups is 1. The highest BCUT2D eigenvalue weighted by Crippen LogP contribution is 2.16. The number of nitrogens with one attached hydrogen (secondary N) is 1. The van der Waals surface area contributed by atoms with E-state index in [0.717, 1.165) is 17.9 Å². The molecule has 0 aliphatic heterocycles. The van der Waals surface area contributed by atoms with E-state index in [0.29, 0.717) is 18.9 Å². The quantitative estimate of drug-likeness (QED) is 0.866. The number of oxazole rings is 1. The molecule has 138 valence electrons. The summed E-state index contributed by atoms with van der Waals surface area (Å²) >= 11 is 0. The number of ether oxygens (including phenoxy) is 1. The van der Waals surface area contributed by atoms with E-state index in [9.17, 15) is 4.79 Å². The summed E-state index contributed by atoms with van der Waals surface area (Å²) < 4.78 is 13.0. The Balaban J connectivity index is 2.02. The van der Waals surface area contributed by atoms with Crippen molar-refractivity contribution in [2.45, 2.75) is 72.1 Å². The Morgan fingerprint density at radius 2 is 2.00 bits per heavy atom. The molecule has 0 saturated heterocycles. The molecule has 0 fully saturated rings. The monoisotopic (exact) mass is 348 g/mol. The first-order chi connectivity index (χ1) is 11.6. The molecule has 0 radical (unpaired) electrons. The Labute approximate surface area is 148 Å². The fraction of sp³-hybridized carbons (Fsp3) is 0.611. The molecule has 25 heavy (non-hydrogen) atoms. The van der Waals surface area contributed by atoms with E-state index in [-0.39, 0.29) is 0 Å². The Kier molecular flexibility index (Phi) is 5.55. The van der Waals surface area contributed by atoms with Crippen LogP contribution < -0.4 is 5.32 Å². The number of aromatic nitrogens is 3. The number of rotatable bonds is 6. The minimum Gasteiger partial charge on any atom is -0.444 e. The van der Waals surface area contributed by atoms with Crippen molar-refractivity contribution in [2.75, 3.05) is 0 Å². The number of nitrogens with zero attached hydrogens (tertiary/aromatic N) is 3. The van der Waals surface area contributed by atoms with Gasteiger partial charge in [-0.2, -0.15) is 0 Å². The summed E-state index contributed by atoms with van der Waals surface area (Å²) in [6.45, 7) is 12.0. The molecule has 0 saturated carbocycles. The molecule has 1 amide bonds. The zero-order chi connectivity index (χ0) is 18.7. The van der Waals surface area contributed by atoms with Crippen LogP contribution in [0.15, 0.2) is 23.1 Å². The lowest BCUT2D eigenvalue weighted by atomic mass is 9.99. The smallest absolute Gasteiger partial charge is 0.408 e. The third kappa shape index (κ3) is 5.92. The van der Waals surface area contributed by atoms with Crippen molar-refractivity contribution >= 4 is 6.09 Å². The van der Waals surface area contributed by atoms with Crippen LogP contribution in [0.1, 0.15) is 58.9 Å². The predicted molar refractivity (Wildman–Crippen MR) is 94.4 cm³/mol. The van der Waals surface area contributed by atoms with Crippen molar-refractivity contribution in [2.24, 2.45) is 0 Å². The van der Waals surface area contributed by atoms with E-state index < -0.39 is 17.2 Å². The summed E-state index contributed by atoms with van der Waals surface area (Å²) in [5, 5.41) is 2.91. The highest BCUT2D eigenvalue weighted by atomic mass is 16.6. The van der Waals surface area contributed by atoms with Crippen LogP contribution in [-0.4, -0.2) is 31.8 Å². The molecule has 1 N–H and O–H groups in total. The van der Waals surface area contributed by atoms with E-state index in [1.807, 2.05) is 46.1 Å². The molecule has 2 heterocycles. The maximum atomic E-state index is 12.0. The van der Waals surface area contributed by atoms with Gasteiger partial charge in [0.25, 0.3) is 0 Å². The molecule has 0 aliphatic rings. The van der Waals surface area contributed by atoms with Crippen LogP contribution in [0.5, 0.6) is 0 Å². The van der Waals surface area contributed by atoms with Gasteiger partial charge >= 0.3 is 6.09 Å². The highest BCUT2D eigenvalue weighted by Gasteiger charge is 2.26.